The smallest absolute Gasteiger partial charge is 0.392 e. The third-order valence-corrected chi connectivity index (χ3v) is 1.92. The lowest BCUT2D eigenvalue weighted by atomic mass is 10.1. The molecule has 6 heteroatoms. The van der Waals surface area contributed by atoms with Gasteiger partial charge in [-0.25, -0.2) is 4.98 Å². The molecular weight excluding hydrogens is 221 g/mol. The first kappa shape index (κ1) is 12.8. The van der Waals surface area contributed by atoms with E-state index in [0.29, 0.717) is 0 Å². The standard InChI is InChI=1S/C10H13F3N2O/c1-7(14)8-2-4-15-9(6-8)16-5-3-10(11,12)13/h2,4,6-7H,3,5,14H2,1H3/t7-/m1/s1. The van der Waals surface area contributed by atoms with Crippen LogP contribution in [-0.2, 0) is 0 Å². The second-order valence-corrected chi connectivity index (χ2v) is 3.43. The molecule has 1 heterocycles. The predicted molar refractivity (Wildman–Crippen MR) is 53.0 cm³/mol. The van der Waals surface area contributed by atoms with E-state index in [1.165, 1.54) is 6.20 Å². The minimum Gasteiger partial charge on any atom is -0.477 e. The van der Waals surface area contributed by atoms with Crippen LogP contribution in [0.15, 0.2) is 18.3 Å². The summed E-state index contributed by atoms with van der Waals surface area (Å²) >= 11 is 0. The van der Waals surface area contributed by atoms with E-state index in [1.807, 2.05) is 0 Å². The van der Waals surface area contributed by atoms with Crippen molar-refractivity contribution in [3.8, 4) is 5.88 Å². The van der Waals surface area contributed by atoms with E-state index in [0.717, 1.165) is 5.56 Å². The van der Waals surface area contributed by atoms with Crippen LogP contribution in [-0.4, -0.2) is 17.8 Å². The van der Waals surface area contributed by atoms with Crippen LogP contribution in [0.4, 0.5) is 13.2 Å². The molecule has 0 aromatic carbocycles. The van der Waals surface area contributed by atoms with Gasteiger partial charge in [0.2, 0.25) is 5.88 Å². The van der Waals surface area contributed by atoms with Crippen molar-refractivity contribution in [2.75, 3.05) is 6.61 Å². The van der Waals surface area contributed by atoms with Crippen molar-refractivity contribution in [3.05, 3.63) is 23.9 Å². The lowest BCUT2D eigenvalue weighted by Crippen LogP contribution is -2.13. The third-order valence-electron chi connectivity index (χ3n) is 1.92. The Labute approximate surface area is 91.4 Å². The number of hydrogen-bond acceptors (Lipinski definition) is 3. The van der Waals surface area contributed by atoms with Gasteiger partial charge in [0, 0.05) is 18.3 Å². The topological polar surface area (TPSA) is 48.1 Å². The summed E-state index contributed by atoms with van der Waals surface area (Å²) in [6.45, 7) is 1.34. The van der Waals surface area contributed by atoms with Gasteiger partial charge in [0.25, 0.3) is 0 Å². The van der Waals surface area contributed by atoms with Crippen molar-refractivity contribution in [2.45, 2.75) is 25.6 Å². The van der Waals surface area contributed by atoms with Crippen LogP contribution >= 0.6 is 0 Å². The monoisotopic (exact) mass is 234 g/mol. The van der Waals surface area contributed by atoms with Crippen LogP contribution < -0.4 is 10.5 Å². The fraction of sp³-hybridized carbons (Fsp3) is 0.500. The first-order valence-electron chi connectivity index (χ1n) is 4.79. The Balaban J connectivity index is 2.51. The van der Waals surface area contributed by atoms with Crippen LogP contribution in [0.5, 0.6) is 5.88 Å². The van der Waals surface area contributed by atoms with Gasteiger partial charge in [-0.3, -0.25) is 0 Å². The maximum absolute atomic E-state index is 11.8. The summed E-state index contributed by atoms with van der Waals surface area (Å²) in [6.07, 6.45) is -3.74. The Morgan fingerprint density at radius 3 is 2.75 bits per heavy atom. The maximum atomic E-state index is 11.8. The molecular formula is C10H13F3N2O. The molecule has 0 fully saturated rings. The summed E-state index contributed by atoms with van der Waals surface area (Å²) in [5, 5.41) is 0. The fourth-order valence-corrected chi connectivity index (χ4v) is 1.06. The van der Waals surface area contributed by atoms with Crippen molar-refractivity contribution >= 4 is 0 Å². The van der Waals surface area contributed by atoms with Gasteiger partial charge in [-0.1, -0.05) is 0 Å². The van der Waals surface area contributed by atoms with Crippen molar-refractivity contribution in [2.24, 2.45) is 5.73 Å². The molecule has 1 rings (SSSR count). The summed E-state index contributed by atoms with van der Waals surface area (Å²) < 4.78 is 40.4. The van der Waals surface area contributed by atoms with Crippen molar-refractivity contribution < 1.29 is 17.9 Å². The van der Waals surface area contributed by atoms with E-state index in [4.69, 9.17) is 10.5 Å². The third kappa shape index (κ3) is 4.48. The molecule has 2 N–H and O–H groups in total. The highest BCUT2D eigenvalue weighted by atomic mass is 19.4. The summed E-state index contributed by atoms with van der Waals surface area (Å²) in [5.41, 5.74) is 6.39. The number of ether oxygens (including phenoxy) is 1. The molecule has 0 radical (unpaired) electrons. The Bertz CT molecular complexity index is 339. The van der Waals surface area contributed by atoms with Crippen molar-refractivity contribution in [3.63, 3.8) is 0 Å². The van der Waals surface area contributed by atoms with Crippen LogP contribution in [0.1, 0.15) is 24.9 Å². The van der Waals surface area contributed by atoms with Crippen LogP contribution in [0.25, 0.3) is 0 Å². The normalized spacial score (nSPS) is 13.6. The largest absolute Gasteiger partial charge is 0.477 e. The molecule has 90 valence electrons. The van der Waals surface area contributed by atoms with E-state index in [1.54, 1.807) is 19.1 Å². The molecule has 1 aromatic heterocycles. The van der Waals surface area contributed by atoms with Gasteiger partial charge in [0.1, 0.15) is 0 Å². The van der Waals surface area contributed by atoms with E-state index in [9.17, 15) is 13.2 Å². The van der Waals surface area contributed by atoms with Gasteiger partial charge in [-0.2, -0.15) is 13.2 Å². The molecule has 0 unspecified atom stereocenters. The highest BCUT2D eigenvalue weighted by Crippen LogP contribution is 2.20. The van der Waals surface area contributed by atoms with E-state index in [2.05, 4.69) is 4.98 Å². The van der Waals surface area contributed by atoms with Gasteiger partial charge >= 0.3 is 6.18 Å². The summed E-state index contributed by atoms with van der Waals surface area (Å²) in [5.74, 6) is 0.166. The zero-order chi connectivity index (χ0) is 12.2. The molecule has 1 aromatic rings. The fourth-order valence-electron chi connectivity index (χ4n) is 1.06. The maximum Gasteiger partial charge on any atom is 0.392 e. The highest BCUT2D eigenvalue weighted by Gasteiger charge is 2.26. The second-order valence-electron chi connectivity index (χ2n) is 3.43. The molecule has 0 amide bonds. The Hall–Kier alpha value is -1.30. The molecule has 3 nitrogen and oxygen atoms in total. The van der Waals surface area contributed by atoms with Gasteiger partial charge in [0.05, 0.1) is 13.0 Å². The Kier molecular flexibility index (Phi) is 4.12. The number of halogens is 3. The molecule has 0 bridgehead atoms. The van der Waals surface area contributed by atoms with E-state index < -0.39 is 19.2 Å². The Morgan fingerprint density at radius 2 is 2.19 bits per heavy atom. The molecule has 0 saturated carbocycles. The molecule has 16 heavy (non-hydrogen) atoms. The zero-order valence-corrected chi connectivity index (χ0v) is 8.79. The first-order chi connectivity index (χ1) is 7.38. The van der Waals surface area contributed by atoms with Gasteiger partial charge < -0.3 is 10.5 Å². The summed E-state index contributed by atoms with van der Waals surface area (Å²) in [4.78, 5) is 3.80. The second kappa shape index (κ2) is 5.16. The van der Waals surface area contributed by atoms with E-state index in [-0.39, 0.29) is 11.9 Å². The summed E-state index contributed by atoms with van der Waals surface area (Å²) in [7, 11) is 0. The Morgan fingerprint density at radius 1 is 1.50 bits per heavy atom. The van der Waals surface area contributed by atoms with Crippen LogP contribution in [0.3, 0.4) is 0 Å². The minimum atomic E-state index is -4.21. The first-order valence-corrected chi connectivity index (χ1v) is 4.79. The number of rotatable bonds is 4. The number of alkyl halides is 3. The highest BCUT2D eigenvalue weighted by molar-refractivity contribution is 5.22. The zero-order valence-electron chi connectivity index (χ0n) is 8.79. The average molecular weight is 234 g/mol. The number of aromatic nitrogens is 1. The number of nitrogens with zero attached hydrogens (tertiary/aromatic N) is 1. The SMILES string of the molecule is C[C@@H](N)c1ccnc(OCCC(F)(F)F)c1. The van der Waals surface area contributed by atoms with Gasteiger partial charge in [-0.05, 0) is 18.6 Å². The number of nitrogens with two attached hydrogens (primary N) is 1. The lowest BCUT2D eigenvalue weighted by molar-refractivity contribution is -0.139. The van der Waals surface area contributed by atoms with Crippen LogP contribution in [0, 0.1) is 0 Å². The molecule has 0 saturated heterocycles. The molecule has 0 spiro atoms. The van der Waals surface area contributed by atoms with Crippen molar-refractivity contribution in [1.82, 2.24) is 4.98 Å². The molecule has 0 aliphatic carbocycles. The average Bonchev–Trinajstić information content (AvgIpc) is 2.16. The lowest BCUT2D eigenvalue weighted by Gasteiger charge is -2.10. The van der Waals surface area contributed by atoms with Crippen molar-refractivity contribution in [1.29, 1.82) is 0 Å². The number of pyridine rings is 1. The molecule has 0 aliphatic rings. The molecule has 0 aliphatic heterocycles. The van der Waals surface area contributed by atoms with Crippen LogP contribution in [0.2, 0.25) is 0 Å². The molecule has 1 atom stereocenters. The predicted octanol–water partition coefficient (Wildman–Crippen LogP) is 2.43. The summed E-state index contributed by atoms with van der Waals surface area (Å²) in [6, 6.07) is 3.04. The quantitative estimate of drug-likeness (QED) is 0.870. The van der Waals surface area contributed by atoms with E-state index >= 15 is 0 Å². The number of hydrogen-bond donors (Lipinski definition) is 1. The van der Waals surface area contributed by atoms with Gasteiger partial charge in [-0.15, -0.1) is 0 Å². The minimum absolute atomic E-state index is 0.166. The van der Waals surface area contributed by atoms with Gasteiger partial charge in [0.15, 0.2) is 0 Å².